The largest absolute Gasteiger partial charge is 0.421 e. The molecule has 1 N–H and O–H groups in total. The van der Waals surface area contributed by atoms with E-state index < -0.39 is 0 Å². The zero-order valence-electron chi connectivity index (χ0n) is 11.4. The third-order valence-corrected chi connectivity index (χ3v) is 2.96. The molecule has 0 atom stereocenters. The van der Waals surface area contributed by atoms with Crippen molar-refractivity contribution in [3.05, 3.63) is 36.2 Å². The van der Waals surface area contributed by atoms with Gasteiger partial charge >= 0.3 is 0 Å². The van der Waals surface area contributed by atoms with Crippen LogP contribution >= 0.6 is 0 Å². The van der Waals surface area contributed by atoms with Gasteiger partial charge in [-0.15, -0.1) is 10.2 Å². The van der Waals surface area contributed by atoms with Crippen molar-refractivity contribution in [2.24, 2.45) is 0 Å². The molecule has 0 spiro atoms. The zero-order chi connectivity index (χ0) is 13.3. The molecule has 0 aliphatic heterocycles. The summed E-state index contributed by atoms with van der Waals surface area (Å²) in [7, 11) is 0. The molecular formula is C15H21N3O. The molecule has 4 nitrogen and oxygen atoms in total. The maximum Gasteiger partial charge on any atom is 0.247 e. The lowest BCUT2D eigenvalue weighted by Gasteiger charge is -2.01. The predicted octanol–water partition coefficient (Wildman–Crippen LogP) is 3.06. The SMILES string of the molecule is CCCCCNCCc1nnc(-c2ccccc2)o1. The van der Waals surface area contributed by atoms with Gasteiger partial charge < -0.3 is 9.73 Å². The Kier molecular flexibility index (Phi) is 5.56. The molecule has 0 aliphatic rings. The van der Waals surface area contributed by atoms with Crippen molar-refractivity contribution in [3.63, 3.8) is 0 Å². The van der Waals surface area contributed by atoms with Crippen molar-refractivity contribution in [1.29, 1.82) is 0 Å². The van der Waals surface area contributed by atoms with Crippen LogP contribution in [-0.2, 0) is 6.42 Å². The fraction of sp³-hybridized carbons (Fsp3) is 0.467. The molecule has 0 radical (unpaired) electrons. The number of nitrogens with one attached hydrogen (secondary N) is 1. The van der Waals surface area contributed by atoms with Crippen molar-refractivity contribution in [2.75, 3.05) is 13.1 Å². The maximum atomic E-state index is 5.64. The number of hydrogen-bond acceptors (Lipinski definition) is 4. The fourth-order valence-electron chi connectivity index (χ4n) is 1.87. The molecule has 4 heteroatoms. The molecule has 2 rings (SSSR count). The molecule has 0 bridgehead atoms. The molecule has 0 amide bonds. The van der Waals surface area contributed by atoms with Crippen LogP contribution in [0.5, 0.6) is 0 Å². The summed E-state index contributed by atoms with van der Waals surface area (Å²) in [6, 6.07) is 9.85. The van der Waals surface area contributed by atoms with Crippen LogP contribution < -0.4 is 5.32 Å². The van der Waals surface area contributed by atoms with Crippen LogP contribution in [0.3, 0.4) is 0 Å². The van der Waals surface area contributed by atoms with E-state index in [1.54, 1.807) is 0 Å². The summed E-state index contributed by atoms with van der Waals surface area (Å²) in [5.74, 6) is 1.29. The summed E-state index contributed by atoms with van der Waals surface area (Å²) in [6.07, 6.45) is 4.55. The Hall–Kier alpha value is -1.68. The summed E-state index contributed by atoms with van der Waals surface area (Å²) >= 11 is 0. The smallest absolute Gasteiger partial charge is 0.247 e. The van der Waals surface area contributed by atoms with Gasteiger partial charge in [-0.3, -0.25) is 0 Å². The summed E-state index contributed by atoms with van der Waals surface area (Å²) in [4.78, 5) is 0. The van der Waals surface area contributed by atoms with Crippen molar-refractivity contribution < 1.29 is 4.42 Å². The molecule has 0 saturated heterocycles. The van der Waals surface area contributed by atoms with Crippen LogP contribution in [0.2, 0.25) is 0 Å². The van der Waals surface area contributed by atoms with Gasteiger partial charge in [-0.25, -0.2) is 0 Å². The minimum absolute atomic E-state index is 0.599. The Morgan fingerprint density at radius 2 is 1.89 bits per heavy atom. The standard InChI is InChI=1S/C15H21N3O/c1-2-3-7-11-16-12-10-14-17-18-15(19-14)13-8-5-4-6-9-13/h4-6,8-9,16H,2-3,7,10-12H2,1H3. The van der Waals surface area contributed by atoms with Crippen molar-refractivity contribution in [3.8, 4) is 11.5 Å². The highest BCUT2D eigenvalue weighted by Gasteiger charge is 2.07. The second-order valence-corrected chi connectivity index (χ2v) is 4.57. The van der Waals surface area contributed by atoms with E-state index in [0.717, 1.165) is 25.1 Å². The van der Waals surface area contributed by atoms with Gasteiger partial charge in [0.15, 0.2) is 0 Å². The van der Waals surface area contributed by atoms with Gasteiger partial charge in [0.05, 0.1) is 0 Å². The van der Waals surface area contributed by atoms with E-state index in [9.17, 15) is 0 Å². The molecule has 1 aromatic heterocycles. The van der Waals surface area contributed by atoms with Crippen molar-refractivity contribution >= 4 is 0 Å². The van der Waals surface area contributed by atoms with Gasteiger partial charge in [-0.2, -0.15) is 0 Å². The second-order valence-electron chi connectivity index (χ2n) is 4.57. The number of unbranched alkanes of at least 4 members (excludes halogenated alkanes) is 2. The predicted molar refractivity (Wildman–Crippen MR) is 75.8 cm³/mol. The average molecular weight is 259 g/mol. The number of benzene rings is 1. The average Bonchev–Trinajstić information content (AvgIpc) is 2.92. The molecule has 2 aromatic rings. The highest BCUT2D eigenvalue weighted by atomic mass is 16.4. The number of hydrogen-bond donors (Lipinski definition) is 1. The molecule has 0 saturated carbocycles. The normalized spacial score (nSPS) is 10.8. The summed E-state index contributed by atoms with van der Waals surface area (Å²) in [5.41, 5.74) is 0.970. The molecule has 0 fully saturated rings. The Morgan fingerprint density at radius 1 is 1.05 bits per heavy atom. The molecule has 0 unspecified atom stereocenters. The third kappa shape index (κ3) is 4.48. The highest BCUT2D eigenvalue weighted by molar-refractivity contribution is 5.51. The topological polar surface area (TPSA) is 51.0 Å². The van der Waals surface area contributed by atoms with Gasteiger partial charge in [0.2, 0.25) is 11.8 Å². The molecule has 0 aliphatic carbocycles. The molecular weight excluding hydrogens is 238 g/mol. The van der Waals surface area contributed by atoms with Gasteiger partial charge in [-0.05, 0) is 25.1 Å². The summed E-state index contributed by atoms with van der Waals surface area (Å²) < 4.78 is 5.64. The lowest BCUT2D eigenvalue weighted by molar-refractivity contribution is 0.492. The van der Waals surface area contributed by atoms with Crippen molar-refractivity contribution in [1.82, 2.24) is 15.5 Å². The first-order valence-electron chi connectivity index (χ1n) is 6.98. The highest BCUT2D eigenvalue weighted by Crippen LogP contribution is 2.16. The minimum Gasteiger partial charge on any atom is -0.421 e. The van der Waals surface area contributed by atoms with Gasteiger partial charge in [0.25, 0.3) is 0 Å². The first-order valence-corrected chi connectivity index (χ1v) is 6.98. The Balaban J connectivity index is 1.75. The Labute approximate surface area is 114 Å². The number of aromatic nitrogens is 2. The second kappa shape index (κ2) is 7.69. The summed E-state index contributed by atoms with van der Waals surface area (Å²) in [5, 5.41) is 11.5. The number of nitrogens with zero attached hydrogens (tertiary/aromatic N) is 2. The van der Waals surface area contributed by atoms with Gasteiger partial charge in [-0.1, -0.05) is 38.0 Å². The van der Waals surface area contributed by atoms with E-state index in [1.807, 2.05) is 30.3 Å². The third-order valence-electron chi connectivity index (χ3n) is 2.96. The summed E-state index contributed by atoms with van der Waals surface area (Å²) in [6.45, 7) is 4.16. The lowest BCUT2D eigenvalue weighted by Crippen LogP contribution is -2.18. The molecule has 1 heterocycles. The van der Waals surface area contributed by atoms with E-state index in [2.05, 4.69) is 22.4 Å². The fourth-order valence-corrected chi connectivity index (χ4v) is 1.87. The Morgan fingerprint density at radius 3 is 2.68 bits per heavy atom. The molecule has 19 heavy (non-hydrogen) atoms. The maximum absolute atomic E-state index is 5.64. The van der Waals surface area contributed by atoms with E-state index >= 15 is 0 Å². The van der Waals surface area contributed by atoms with Crippen LogP contribution in [0.15, 0.2) is 34.7 Å². The van der Waals surface area contributed by atoms with E-state index in [4.69, 9.17) is 4.42 Å². The monoisotopic (exact) mass is 259 g/mol. The van der Waals surface area contributed by atoms with Crippen molar-refractivity contribution in [2.45, 2.75) is 32.6 Å². The van der Waals surface area contributed by atoms with Crippen LogP contribution in [-0.4, -0.2) is 23.3 Å². The van der Waals surface area contributed by atoms with E-state index in [-0.39, 0.29) is 0 Å². The molecule has 102 valence electrons. The van der Waals surface area contributed by atoms with Gasteiger partial charge in [0, 0.05) is 18.5 Å². The quantitative estimate of drug-likeness (QED) is 0.740. The first kappa shape index (κ1) is 13.7. The van der Waals surface area contributed by atoms with E-state index in [1.165, 1.54) is 19.3 Å². The number of rotatable bonds is 8. The minimum atomic E-state index is 0.599. The van der Waals surface area contributed by atoms with Crippen LogP contribution in [0.25, 0.3) is 11.5 Å². The molecule has 1 aromatic carbocycles. The van der Waals surface area contributed by atoms with E-state index in [0.29, 0.717) is 11.8 Å². The first-order chi connectivity index (χ1) is 9.40. The zero-order valence-corrected chi connectivity index (χ0v) is 11.4. The van der Waals surface area contributed by atoms with Crippen LogP contribution in [0.1, 0.15) is 32.1 Å². The lowest BCUT2D eigenvalue weighted by atomic mass is 10.2. The van der Waals surface area contributed by atoms with Crippen LogP contribution in [0, 0.1) is 0 Å². The van der Waals surface area contributed by atoms with Crippen LogP contribution in [0.4, 0.5) is 0 Å². The van der Waals surface area contributed by atoms with Gasteiger partial charge in [0.1, 0.15) is 0 Å². The Bertz CT molecular complexity index is 467.